The van der Waals surface area contributed by atoms with Crippen LogP contribution >= 0.6 is 0 Å². The molecule has 4 N–H and O–H groups in total. The molecular formula is C16H30O7. The first kappa shape index (κ1) is 22.0. The molecule has 0 aliphatic rings. The Bertz CT molecular complexity index is 358. The van der Waals surface area contributed by atoms with Crippen LogP contribution < -0.4 is 0 Å². The van der Waals surface area contributed by atoms with E-state index in [1.807, 2.05) is 6.92 Å². The van der Waals surface area contributed by atoms with Gasteiger partial charge < -0.3 is 25.2 Å². The molecule has 0 heterocycles. The van der Waals surface area contributed by atoms with Crippen LogP contribution in [0, 0.1) is 11.8 Å². The topological polar surface area (TPSA) is 124 Å². The van der Waals surface area contributed by atoms with Gasteiger partial charge in [-0.2, -0.15) is 0 Å². The van der Waals surface area contributed by atoms with Crippen molar-refractivity contribution in [1.82, 2.24) is 0 Å². The third-order valence-corrected chi connectivity index (χ3v) is 3.96. The monoisotopic (exact) mass is 334 g/mol. The molecule has 5 unspecified atom stereocenters. The number of rotatable bonds is 12. The summed E-state index contributed by atoms with van der Waals surface area (Å²) in [6, 6.07) is 0. The molecule has 0 amide bonds. The van der Waals surface area contributed by atoms with Crippen molar-refractivity contribution in [2.45, 2.75) is 64.8 Å². The van der Waals surface area contributed by atoms with Crippen molar-refractivity contribution in [3.05, 3.63) is 0 Å². The lowest BCUT2D eigenvalue weighted by Gasteiger charge is -2.20. The summed E-state index contributed by atoms with van der Waals surface area (Å²) in [6.07, 6.45) is -1.68. The Morgan fingerprint density at radius 3 is 2.13 bits per heavy atom. The normalized spacial score (nSPS) is 17.9. The van der Waals surface area contributed by atoms with Gasteiger partial charge in [0.25, 0.3) is 5.78 Å². The van der Waals surface area contributed by atoms with Gasteiger partial charge >= 0.3 is 5.97 Å². The Morgan fingerprint density at radius 1 is 1.04 bits per heavy atom. The molecule has 0 aromatic rings. The smallest absolute Gasteiger partial charge is 0.377 e. The number of esters is 1. The van der Waals surface area contributed by atoms with Crippen LogP contribution in [0.4, 0.5) is 0 Å². The maximum atomic E-state index is 11.6. The summed E-state index contributed by atoms with van der Waals surface area (Å²) in [5.74, 6) is -1.85. The fraction of sp³-hybridized carbons (Fsp3) is 0.875. The molecule has 0 radical (unpaired) electrons. The van der Waals surface area contributed by atoms with Gasteiger partial charge in [0.05, 0.1) is 13.2 Å². The first-order chi connectivity index (χ1) is 10.7. The van der Waals surface area contributed by atoms with Gasteiger partial charge in [-0.05, 0) is 18.3 Å². The highest BCUT2D eigenvalue weighted by Crippen LogP contribution is 2.15. The largest absolute Gasteiger partial charge is 0.460 e. The minimum atomic E-state index is -2.12. The number of carbonyl (C=O) groups excluding carboxylic acids is 2. The lowest BCUT2D eigenvalue weighted by atomic mass is 9.97. The number of carbonyl (C=O) groups is 2. The molecule has 0 fully saturated rings. The Balaban J connectivity index is 4.15. The minimum Gasteiger partial charge on any atom is -0.460 e. The summed E-state index contributed by atoms with van der Waals surface area (Å²) in [7, 11) is 0. The molecule has 7 heteroatoms. The zero-order valence-electron chi connectivity index (χ0n) is 14.1. The van der Waals surface area contributed by atoms with E-state index in [1.54, 1.807) is 0 Å². The van der Waals surface area contributed by atoms with E-state index in [0.717, 1.165) is 25.7 Å². The van der Waals surface area contributed by atoms with Crippen molar-refractivity contribution in [1.29, 1.82) is 0 Å². The van der Waals surface area contributed by atoms with Crippen LogP contribution in [0.3, 0.4) is 0 Å². The number of ketones is 1. The van der Waals surface area contributed by atoms with Crippen molar-refractivity contribution < 1.29 is 34.8 Å². The van der Waals surface area contributed by atoms with Crippen molar-refractivity contribution >= 4 is 11.8 Å². The van der Waals surface area contributed by atoms with Gasteiger partial charge in [0.2, 0.25) is 0 Å². The van der Waals surface area contributed by atoms with E-state index >= 15 is 0 Å². The number of Topliss-reactive ketones (excluding diaryl/α,β-unsaturated/α-hetero) is 1. The van der Waals surface area contributed by atoms with Crippen LogP contribution in [-0.4, -0.2) is 63.7 Å². The van der Waals surface area contributed by atoms with Gasteiger partial charge in [-0.3, -0.25) is 4.79 Å². The van der Waals surface area contributed by atoms with Gasteiger partial charge in [-0.15, -0.1) is 0 Å². The van der Waals surface area contributed by atoms with Crippen molar-refractivity contribution in [3.63, 3.8) is 0 Å². The fourth-order valence-corrected chi connectivity index (χ4v) is 1.99. The molecule has 0 aliphatic carbocycles. The molecule has 0 spiro atoms. The van der Waals surface area contributed by atoms with Crippen molar-refractivity contribution in [2.75, 3.05) is 13.2 Å². The zero-order valence-corrected chi connectivity index (χ0v) is 14.1. The minimum absolute atomic E-state index is 0.0520. The molecular weight excluding hydrogens is 304 g/mol. The first-order valence-corrected chi connectivity index (χ1v) is 8.10. The molecule has 7 nitrogen and oxygen atoms in total. The fourth-order valence-electron chi connectivity index (χ4n) is 1.99. The first-order valence-electron chi connectivity index (χ1n) is 8.10. The molecule has 5 atom stereocenters. The molecule has 0 saturated heterocycles. The quantitative estimate of drug-likeness (QED) is 0.293. The predicted octanol–water partition coefficient (Wildman–Crippen LogP) is 0.0262. The Kier molecular flexibility index (Phi) is 11.0. The SMILES string of the molecule is CCC(C)CCCC(C)COC(=O)C(=O)C(O)C(O)C(O)CO. The van der Waals surface area contributed by atoms with E-state index in [1.165, 1.54) is 0 Å². The molecule has 0 aliphatic heterocycles. The third-order valence-electron chi connectivity index (χ3n) is 3.96. The second kappa shape index (κ2) is 11.5. The zero-order chi connectivity index (χ0) is 18.0. The average molecular weight is 334 g/mol. The van der Waals surface area contributed by atoms with E-state index in [9.17, 15) is 19.8 Å². The summed E-state index contributed by atoms with van der Waals surface area (Å²) in [4.78, 5) is 23.1. The van der Waals surface area contributed by atoms with E-state index in [-0.39, 0.29) is 12.5 Å². The van der Waals surface area contributed by atoms with Gasteiger partial charge in [0.1, 0.15) is 12.2 Å². The highest BCUT2D eigenvalue weighted by molar-refractivity contribution is 6.35. The van der Waals surface area contributed by atoms with E-state index in [0.29, 0.717) is 5.92 Å². The molecule has 136 valence electrons. The van der Waals surface area contributed by atoms with Crippen LogP contribution in [0.1, 0.15) is 46.5 Å². The van der Waals surface area contributed by atoms with Crippen LogP contribution in [0.15, 0.2) is 0 Å². The maximum absolute atomic E-state index is 11.6. The summed E-state index contributed by atoms with van der Waals surface area (Å²) in [5.41, 5.74) is 0. The highest BCUT2D eigenvalue weighted by atomic mass is 16.5. The summed E-state index contributed by atoms with van der Waals surface area (Å²) < 4.78 is 4.83. The second-order valence-electron chi connectivity index (χ2n) is 6.20. The number of hydrogen-bond donors (Lipinski definition) is 4. The number of aliphatic hydroxyl groups excluding tert-OH is 4. The van der Waals surface area contributed by atoms with Crippen LogP contribution in [0.5, 0.6) is 0 Å². The molecule has 0 saturated carbocycles. The van der Waals surface area contributed by atoms with E-state index in [2.05, 4.69) is 13.8 Å². The van der Waals surface area contributed by atoms with E-state index in [4.69, 9.17) is 14.9 Å². The van der Waals surface area contributed by atoms with Gasteiger partial charge in [0, 0.05) is 0 Å². The van der Waals surface area contributed by atoms with Gasteiger partial charge in [0.15, 0.2) is 6.10 Å². The molecule has 0 bridgehead atoms. The van der Waals surface area contributed by atoms with Gasteiger partial charge in [-0.25, -0.2) is 4.79 Å². The highest BCUT2D eigenvalue weighted by Gasteiger charge is 2.34. The molecule has 0 aromatic heterocycles. The van der Waals surface area contributed by atoms with Crippen LogP contribution in [0.25, 0.3) is 0 Å². The predicted molar refractivity (Wildman–Crippen MR) is 83.5 cm³/mol. The average Bonchev–Trinajstić information content (AvgIpc) is 2.56. The number of ether oxygens (including phenoxy) is 1. The lowest BCUT2D eigenvalue weighted by Crippen LogP contribution is -2.46. The Hall–Kier alpha value is -1.02. The standard InChI is InChI=1S/C16H30O7/c1-4-10(2)6-5-7-11(3)9-23-16(22)15(21)14(20)13(19)12(18)8-17/h10-14,17-20H,4-9H2,1-3H3. The summed E-state index contributed by atoms with van der Waals surface area (Å²) in [5, 5.41) is 36.7. The number of hydrogen-bond acceptors (Lipinski definition) is 7. The molecule has 0 aromatic carbocycles. The van der Waals surface area contributed by atoms with Crippen LogP contribution in [-0.2, 0) is 14.3 Å². The van der Waals surface area contributed by atoms with Gasteiger partial charge in [-0.1, -0.05) is 40.0 Å². The summed E-state index contributed by atoms with van der Waals surface area (Å²) in [6.45, 7) is 5.42. The number of aliphatic hydroxyl groups is 4. The van der Waals surface area contributed by atoms with E-state index < -0.39 is 36.7 Å². The van der Waals surface area contributed by atoms with Crippen molar-refractivity contribution in [3.8, 4) is 0 Å². The third kappa shape index (κ3) is 8.41. The maximum Gasteiger partial charge on any atom is 0.377 e. The molecule has 23 heavy (non-hydrogen) atoms. The Morgan fingerprint density at radius 2 is 1.61 bits per heavy atom. The van der Waals surface area contributed by atoms with Crippen molar-refractivity contribution in [2.24, 2.45) is 11.8 Å². The Labute approximate surface area is 137 Å². The van der Waals surface area contributed by atoms with Crippen LogP contribution in [0.2, 0.25) is 0 Å². The molecule has 0 rings (SSSR count). The summed E-state index contributed by atoms with van der Waals surface area (Å²) >= 11 is 0. The second-order valence-corrected chi connectivity index (χ2v) is 6.20. The lowest BCUT2D eigenvalue weighted by molar-refractivity contribution is -0.164.